The molecule has 1 fully saturated rings. The Morgan fingerprint density at radius 3 is 2.48 bits per heavy atom. The molecule has 4 rings (SSSR count). The van der Waals surface area contributed by atoms with Crippen molar-refractivity contribution in [1.29, 1.82) is 0 Å². The van der Waals surface area contributed by atoms with Crippen molar-refractivity contribution in [3.05, 3.63) is 53.3 Å². The summed E-state index contributed by atoms with van der Waals surface area (Å²) in [6.45, 7) is 3.38. The molecule has 11 heteroatoms. The topological polar surface area (TPSA) is 69.9 Å². The molecule has 0 spiro atoms. The van der Waals surface area contributed by atoms with Gasteiger partial charge in [-0.05, 0) is 29.8 Å². The first-order valence-electron chi connectivity index (χ1n) is 9.80. The molecular weight excluding hydrogens is 411 g/mol. The third kappa shape index (κ3) is 4.46. The maximum atomic E-state index is 13.1. The van der Waals surface area contributed by atoms with E-state index in [2.05, 4.69) is 20.2 Å². The van der Waals surface area contributed by atoms with Crippen LogP contribution in [0.4, 0.5) is 19.0 Å². The van der Waals surface area contributed by atoms with Gasteiger partial charge < -0.3 is 9.80 Å². The van der Waals surface area contributed by atoms with Gasteiger partial charge in [0.15, 0.2) is 5.65 Å². The molecule has 0 radical (unpaired) electrons. The van der Waals surface area contributed by atoms with E-state index in [1.807, 2.05) is 23.1 Å². The summed E-state index contributed by atoms with van der Waals surface area (Å²) in [5, 5.41) is 10.9. The van der Waals surface area contributed by atoms with Gasteiger partial charge >= 0.3 is 6.18 Å². The average molecular weight is 433 g/mol. The lowest BCUT2D eigenvalue weighted by Gasteiger charge is -2.35. The molecule has 1 aromatic carbocycles. The van der Waals surface area contributed by atoms with Gasteiger partial charge in [-0.15, -0.1) is 15.3 Å². The molecular formula is C20H22F3N7O. The maximum Gasteiger partial charge on any atom is 0.453 e. The Hall–Kier alpha value is -3.21. The molecule has 1 saturated heterocycles. The fourth-order valence-corrected chi connectivity index (χ4v) is 3.58. The molecule has 164 valence electrons. The van der Waals surface area contributed by atoms with Crippen molar-refractivity contribution in [1.82, 2.24) is 29.6 Å². The molecule has 0 aliphatic carbocycles. The van der Waals surface area contributed by atoms with E-state index in [0.29, 0.717) is 31.0 Å². The highest BCUT2D eigenvalue weighted by Crippen LogP contribution is 2.28. The van der Waals surface area contributed by atoms with Crippen LogP contribution in [0, 0.1) is 0 Å². The van der Waals surface area contributed by atoms with E-state index in [9.17, 15) is 18.0 Å². The van der Waals surface area contributed by atoms with Gasteiger partial charge in [-0.3, -0.25) is 9.69 Å². The van der Waals surface area contributed by atoms with E-state index >= 15 is 0 Å². The van der Waals surface area contributed by atoms with Crippen LogP contribution in [0.3, 0.4) is 0 Å². The van der Waals surface area contributed by atoms with Gasteiger partial charge in [-0.25, -0.2) is 0 Å². The number of piperazine rings is 1. The number of amides is 1. The predicted octanol–water partition coefficient (Wildman–Crippen LogP) is 2.17. The summed E-state index contributed by atoms with van der Waals surface area (Å²) in [6.07, 6.45) is -4.62. The average Bonchev–Trinajstić information content (AvgIpc) is 3.17. The second-order valence-corrected chi connectivity index (χ2v) is 7.65. The molecule has 0 saturated carbocycles. The van der Waals surface area contributed by atoms with Gasteiger partial charge in [0.25, 0.3) is 11.7 Å². The first-order valence-corrected chi connectivity index (χ1v) is 9.80. The number of rotatable bonds is 4. The second kappa shape index (κ2) is 8.14. The number of fused-ring (bicyclic) bond motifs is 1. The Morgan fingerprint density at radius 1 is 1.06 bits per heavy atom. The third-order valence-electron chi connectivity index (χ3n) is 5.18. The minimum Gasteiger partial charge on any atom is -0.353 e. The van der Waals surface area contributed by atoms with E-state index in [1.165, 1.54) is 6.07 Å². The zero-order valence-electron chi connectivity index (χ0n) is 17.2. The Labute approximate surface area is 176 Å². The number of alkyl halides is 3. The molecule has 1 aliphatic rings. The molecule has 8 nitrogen and oxygen atoms in total. The van der Waals surface area contributed by atoms with Crippen molar-refractivity contribution >= 4 is 17.4 Å². The fourth-order valence-electron chi connectivity index (χ4n) is 3.58. The van der Waals surface area contributed by atoms with Gasteiger partial charge in [0.1, 0.15) is 5.82 Å². The molecule has 0 N–H and O–H groups in total. The van der Waals surface area contributed by atoms with Gasteiger partial charge in [-0.2, -0.15) is 17.7 Å². The van der Waals surface area contributed by atoms with E-state index in [-0.39, 0.29) is 11.6 Å². The highest BCUT2D eigenvalue weighted by molar-refractivity contribution is 5.94. The summed E-state index contributed by atoms with van der Waals surface area (Å²) in [5.74, 6) is -0.716. The van der Waals surface area contributed by atoms with Crippen molar-refractivity contribution in [2.45, 2.75) is 12.7 Å². The molecule has 3 aromatic rings. The Kier molecular flexibility index (Phi) is 5.52. The number of aromatic nitrogens is 4. The quantitative estimate of drug-likeness (QED) is 0.628. The normalized spacial score (nSPS) is 15.5. The lowest BCUT2D eigenvalue weighted by molar-refractivity contribution is -0.146. The molecule has 0 bridgehead atoms. The number of anilines is 1. The van der Waals surface area contributed by atoms with Crippen molar-refractivity contribution < 1.29 is 18.0 Å². The predicted molar refractivity (Wildman–Crippen MR) is 108 cm³/mol. The number of carbonyl (C=O) groups is 1. The summed E-state index contributed by atoms with van der Waals surface area (Å²) in [6, 6.07) is 10.7. The number of hydrogen-bond acceptors (Lipinski definition) is 6. The molecule has 3 heterocycles. The van der Waals surface area contributed by atoms with E-state index < -0.39 is 12.0 Å². The number of halogens is 3. The monoisotopic (exact) mass is 433 g/mol. The van der Waals surface area contributed by atoms with E-state index in [0.717, 1.165) is 23.2 Å². The largest absolute Gasteiger partial charge is 0.453 e. The van der Waals surface area contributed by atoms with Crippen molar-refractivity contribution in [2.75, 3.05) is 45.2 Å². The molecule has 0 atom stereocenters. The van der Waals surface area contributed by atoms with Crippen LogP contribution in [0.5, 0.6) is 0 Å². The van der Waals surface area contributed by atoms with Gasteiger partial charge in [0.2, 0.25) is 0 Å². The van der Waals surface area contributed by atoms with Crippen LogP contribution in [-0.4, -0.2) is 75.8 Å². The Morgan fingerprint density at radius 2 is 1.81 bits per heavy atom. The minimum absolute atomic E-state index is 0.0413. The van der Waals surface area contributed by atoms with Crippen LogP contribution in [-0.2, 0) is 12.7 Å². The van der Waals surface area contributed by atoms with Crippen LogP contribution in [0.25, 0.3) is 5.65 Å². The van der Waals surface area contributed by atoms with Crippen molar-refractivity contribution in [3.8, 4) is 0 Å². The maximum absolute atomic E-state index is 13.1. The van der Waals surface area contributed by atoms with Crippen LogP contribution in [0.15, 0.2) is 36.4 Å². The van der Waals surface area contributed by atoms with E-state index in [4.69, 9.17) is 0 Å². The first-order chi connectivity index (χ1) is 14.7. The summed E-state index contributed by atoms with van der Waals surface area (Å²) in [4.78, 5) is 17.9. The summed E-state index contributed by atoms with van der Waals surface area (Å²) in [7, 11) is 3.44. The Balaban J connectivity index is 1.42. The van der Waals surface area contributed by atoms with E-state index in [1.54, 1.807) is 31.1 Å². The standard InChI is InChI=1S/C20H22F3N7O/c1-27(2)18(31)15-5-3-4-14(12-15)13-28-8-10-29(11-9-28)17-7-6-16-24-25-19(20(21,22)23)30(16)26-17/h3-7,12H,8-11,13H2,1-2H3. The van der Waals surface area contributed by atoms with Crippen molar-refractivity contribution in [3.63, 3.8) is 0 Å². The zero-order chi connectivity index (χ0) is 22.2. The lowest BCUT2D eigenvalue weighted by Crippen LogP contribution is -2.46. The number of nitrogens with zero attached hydrogens (tertiary/aromatic N) is 7. The zero-order valence-corrected chi connectivity index (χ0v) is 17.2. The van der Waals surface area contributed by atoms with Gasteiger partial charge in [0.05, 0.1) is 0 Å². The van der Waals surface area contributed by atoms with Gasteiger partial charge in [-0.1, -0.05) is 12.1 Å². The smallest absolute Gasteiger partial charge is 0.353 e. The second-order valence-electron chi connectivity index (χ2n) is 7.65. The number of benzene rings is 1. The minimum atomic E-state index is -4.62. The highest BCUT2D eigenvalue weighted by Gasteiger charge is 2.37. The summed E-state index contributed by atoms with van der Waals surface area (Å²) in [5.41, 5.74) is 1.75. The first kappa shape index (κ1) is 21.0. The SMILES string of the molecule is CN(C)C(=O)c1cccc(CN2CCN(c3ccc4nnc(C(F)(F)F)n4n3)CC2)c1. The molecule has 31 heavy (non-hydrogen) atoms. The lowest BCUT2D eigenvalue weighted by atomic mass is 10.1. The highest BCUT2D eigenvalue weighted by atomic mass is 19.4. The molecule has 1 aliphatic heterocycles. The van der Waals surface area contributed by atoms with Crippen LogP contribution in [0.2, 0.25) is 0 Å². The molecule has 1 amide bonds. The molecule has 2 aromatic heterocycles. The van der Waals surface area contributed by atoms with Crippen LogP contribution < -0.4 is 4.90 Å². The summed E-state index contributed by atoms with van der Waals surface area (Å²) >= 11 is 0. The van der Waals surface area contributed by atoms with Crippen LogP contribution in [0.1, 0.15) is 21.7 Å². The van der Waals surface area contributed by atoms with Crippen LogP contribution >= 0.6 is 0 Å². The fraction of sp³-hybridized carbons (Fsp3) is 0.400. The summed E-state index contributed by atoms with van der Waals surface area (Å²) < 4.78 is 40.0. The van der Waals surface area contributed by atoms with Gasteiger partial charge in [0, 0.05) is 52.4 Å². The third-order valence-corrected chi connectivity index (χ3v) is 5.18. The number of carbonyl (C=O) groups excluding carboxylic acids is 1. The van der Waals surface area contributed by atoms with Crippen molar-refractivity contribution in [2.24, 2.45) is 0 Å². The Bertz CT molecular complexity index is 1090. The molecule has 0 unspecified atom stereocenters. The number of hydrogen-bond donors (Lipinski definition) is 0.